The van der Waals surface area contributed by atoms with Crippen LogP contribution >= 0.6 is 0 Å². The van der Waals surface area contributed by atoms with Gasteiger partial charge in [0.1, 0.15) is 24.2 Å². The number of carboxylic acids is 1. The molecule has 17 nitrogen and oxygen atoms in total. The quantitative estimate of drug-likeness (QED) is 0.0660. The number of carbonyl (C=O) groups is 2. The van der Waals surface area contributed by atoms with Crippen molar-refractivity contribution in [2.45, 2.75) is 166 Å². The molecule has 17 atom stereocenters. The zero-order chi connectivity index (χ0) is 49.5. The van der Waals surface area contributed by atoms with Gasteiger partial charge in [-0.1, -0.05) is 93.7 Å². The van der Waals surface area contributed by atoms with Crippen LogP contribution < -0.4 is 5.32 Å². The molecule has 6 N–H and O–H groups in total. The van der Waals surface area contributed by atoms with E-state index in [1.54, 1.807) is 69.8 Å². The third-order valence-corrected chi connectivity index (χ3v) is 13.2. The van der Waals surface area contributed by atoms with Crippen molar-refractivity contribution < 1.29 is 77.8 Å². The molecule has 0 bridgehead atoms. The van der Waals surface area contributed by atoms with Crippen LogP contribution in [0.15, 0.2) is 84.6 Å². The highest BCUT2D eigenvalue weighted by Crippen LogP contribution is 2.44. The summed E-state index contributed by atoms with van der Waals surface area (Å²) in [6.45, 7) is 12.8. The molecule has 5 unspecified atom stereocenters. The number of carboxylic acid groups (broad SMARTS) is 1. The summed E-state index contributed by atoms with van der Waals surface area (Å²) in [6, 6.07) is 0. The molecule has 378 valence electrons. The largest absolute Gasteiger partial charge is 0.478 e. The van der Waals surface area contributed by atoms with Gasteiger partial charge in [0.2, 0.25) is 5.91 Å². The van der Waals surface area contributed by atoms with Gasteiger partial charge in [0.05, 0.1) is 61.5 Å². The summed E-state index contributed by atoms with van der Waals surface area (Å²) in [5.74, 6) is -5.20. The lowest BCUT2D eigenvalue weighted by Gasteiger charge is -2.50. The van der Waals surface area contributed by atoms with Gasteiger partial charge in [-0.25, -0.2) is 4.79 Å². The van der Waals surface area contributed by atoms with Crippen molar-refractivity contribution in [2.75, 3.05) is 34.5 Å². The molecule has 4 heterocycles. The fourth-order valence-electron chi connectivity index (χ4n) is 8.94. The fraction of sp³-hybridized carbons (Fsp3) is 0.680. The highest BCUT2D eigenvalue weighted by molar-refractivity contribution is 5.80. The second-order valence-electron chi connectivity index (χ2n) is 18.4. The Morgan fingerprint density at radius 2 is 1.54 bits per heavy atom. The Hall–Kier alpha value is -3.40. The molecule has 0 aromatic rings. The summed E-state index contributed by atoms with van der Waals surface area (Å²) in [4.78, 5) is 24.8. The SMILES string of the molecule is C/C=C\C=C\[C@@H]1O[C@](O)([C@H](CO[C@H]2C[C@H](OC)[C@H](O[C@@H]3C[C@@H](OC)[C@@H](O)[C@H](C)O3)[C@H](C)O2)C(=O)NC/C=C/C=C(\C)C(OC)C(C)C2CC(O)C(/C=C/C=C/C=C/C(=O)O)O2)C[C@H](O)C1(C)C. The van der Waals surface area contributed by atoms with Crippen molar-refractivity contribution in [3.63, 3.8) is 0 Å². The van der Waals surface area contributed by atoms with Crippen LogP contribution in [0.3, 0.4) is 0 Å². The molecule has 4 aliphatic rings. The standard InChI is InChI=1S/C50H77NO16/c1-11-12-15-22-41-49(6,7)40(53)28-50(58,67-41)34(29-62-43-27-39(60-9)47(33(5)64-43)66-44-26-38(59-8)45(56)32(4)63-44)48(57)51-24-19-18-20-30(2)46(61-10)31(3)37-25-35(52)36(65-37)21-16-13-14-17-23-42(54)55/h11-23,31-41,43-47,52-53,56,58H,24-29H2,1-10H3,(H,51,57)(H,54,55)/b12-11-,14-13+,19-18+,21-16+,22-15+,23-17+,30-20+/t31?,32-,33-,34+,35?,36?,37?,38+,39-,40-,41-,43+,44+,45-,46?,47+,50-/m0/s1. The van der Waals surface area contributed by atoms with E-state index in [1.807, 2.05) is 59.8 Å². The predicted octanol–water partition coefficient (Wildman–Crippen LogP) is 4.20. The molecule has 4 aliphatic heterocycles. The molecule has 0 radical (unpaired) electrons. The van der Waals surface area contributed by atoms with Crippen LogP contribution in [0.25, 0.3) is 0 Å². The van der Waals surface area contributed by atoms with E-state index in [4.69, 9.17) is 47.7 Å². The van der Waals surface area contributed by atoms with Crippen LogP contribution in [0.1, 0.15) is 74.1 Å². The van der Waals surface area contributed by atoms with Crippen LogP contribution in [0.5, 0.6) is 0 Å². The van der Waals surface area contributed by atoms with E-state index in [9.17, 15) is 30.0 Å². The molecule has 0 aliphatic carbocycles. The fourth-order valence-corrected chi connectivity index (χ4v) is 8.94. The predicted molar refractivity (Wildman–Crippen MR) is 248 cm³/mol. The van der Waals surface area contributed by atoms with Crippen molar-refractivity contribution in [1.82, 2.24) is 5.32 Å². The molecular formula is C50H77NO16. The monoisotopic (exact) mass is 948 g/mol. The maximum atomic E-state index is 14.2. The lowest BCUT2D eigenvalue weighted by molar-refractivity contribution is -0.332. The van der Waals surface area contributed by atoms with Crippen LogP contribution in [0.2, 0.25) is 0 Å². The number of methoxy groups -OCH3 is 3. The van der Waals surface area contributed by atoms with Crippen molar-refractivity contribution in [2.24, 2.45) is 17.3 Å². The van der Waals surface area contributed by atoms with Crippen molar-refractivity contribution >= 4 is 11.9 Å². The smallest absolute Gasteiger partial charge is 0.328 e. The van der Waals surface area contributed by atoms with E-state index in [1.165, 1.54) is 13.2 Å². The summed E-state index contributed by atoms with van der Waals surface area (Å²) in [7, 11) is 4.69. The van der Waals surface area contributed by atoms with Gasteiger partial charge in [-0.3, -0.25) is 4.79 Å². The molecule has 4 fully saturated rings. The molecule has 17 heteroatoms. The molecule has 0 aromatic carbocycles. The van der Waals surface area contributed by atoms with E-state index in [0.29, 0.717) is 12.8 Å². The maximum Gasteiger partial charge on any atom is 0.328 e. The number of aliphatic carboxylic acids is 1. The van der Waals surface area contributed by atoms with Gasteiger partial charge in [0.25, 0.3) is 0 Å². The number of nitrogens with one attached hydrogen (secondary N) is 1. The number of carbonyl (C=O) groups excluding carboxylic acids is 1. The molecule has 4 rings (SSSR count). The maximum absolute atomic E-state index is 14.2. The van der Waals surface area contributed by atoms with E-state index >= 15 is 0 Å². The van der Waals surface area contributed by atoms with Crippen molar-refractivity contribution in [1.29, 1.82) is 0 Å². The van der Waals surface area contributed by atoms with Crippen LogP contribution in [-0.2, 0) is 52.2 Å². The molecule has 67 heavy (non-hydrogen) atoms. The van der Waals surface area contributed by atoms with Crippen LogP contribution in [0, 0.1) is 17.3 Å². The molecule has 0 saturated carbocycles. The average Bonchev–Trinajstić information content (AvgIpc) is 3.65. The highest BCUT2D eigenvalue weighted by atomic mass is 16.7. The Balaban J connectivity index is 1.44. The molecule has 0 spiro atoms. The van der Waals surface area contributed by atoms with E-state index in [2.05, 4.69) is 5.32 Å². The number of aliphatic hydroxyl groups excluding tert-OH is 3. The van der Waals surface area contributed by atoms with Crippen molar-refractivity contribution in [3.05, 3.63) is 84.6 Å². The summed E-state index contributed by atoms with van der Waals surface area (Å²) in [6.07, 6.45) is 13.7. The molecule has 1 amide bonds. The number of allylic oxidation sites excluding steroid dienone is 9. The summed E-state index contributed by atoms with van der Waals surface area (Å²) < 4.78 is 54.5. The third-order valence-electron chi connectivity index (χ3n) is 13.2. The highest BCUT2D eigenvalue weighted by Gasteiger charge is 2.55. The Kier molecular flexibility index (Phi) is 22.3. The number of aliphatic hydroxyl groups is 4. The molecular weight excluding hydrogens is 871 g/mol. The van der Waals surface area contributed by atoms with Crippen LogP contribution in [0.4, 0.5) is 0 Å². The number of hydrogen-bond acceptors (Lipinski definition) is 15. The van der Waals surface area contributed by atoms with Crippen molar-refractivity contribution in [3.8, 4) is 0 Å². The number of hydrogen-bond donors (Lipinski definition) is 6. The van der Waals surface area contributed by atoms with Gasteiger partial charge in [0.15, 0.2) is 18.4 Å². The van der Waals surface area contributed by atoms with Gasteiger partial charge in [-0.15, -0.1) is 0 Å². The van der Waals surface area contributed by atoms with Gasteiger partial charge in [-0.2, -0.15) is 0 Å². The first-order valence-corrected chi connectivity index (χ1v) is 23.2. The summed E-state index contributed by atoms with van der Waals surface area (Å²) >= 11 is 0. The van der Waals surface area contributed by atoms with Crippen LogP contribution in [-0.4, -0.2) is 164 Å². The van der Waals surface area contributed by atoms with Gasteiger partial charge in [-0.05, 0) is 33.3 Å². The Bertz CT molecular complexity index is 1780. The Labute approximate surface area is 396 Å². The lowest BCUT2D eigenvalue weighted by Crippen LogP contribution is -2.62. The minimum Gasteiger partial charge on any atom is -0.478 e. The normalized spacial score (nSPS) is 36.8. The van der Waals surface area contributed by atoms with E-state index < -0.39 is 103 Å². The third kappa shape index (κ3) is 15.5. The van der Waals surface area contributed by atoms with E-state index in [-0.39, 0.29) is 44.1 Å². The summed E-state index contributed by atoms with van der Waals surface area (Å²) in [5, 5.41) is 56.4. The molecule has 0 aromatic heterocycles. The van der Waals surface area contributed by atoms with Gasteiger partial charge < -0.3 is 73.5 Å². The Morgan fingerprint density at radius 3 is 2.21 bits per heavy atom. The topological polar surface area (TPSA) is 230 Å². The number of rotatable bonds is 22. The zero-order valence-electron chi connectivity index (χ0n) is 40.7. The minimum atomic E-state index is -2.14. The first kappa shape index (κ1) is 56.2. The van der Waals surface area contributed by atoms with E-state index in [0.717, 1.165) is 11.6 Å². The Morgan fingerprint density at radius 1 is 0.866 bits per heavy atom. The lowest BCUT2D eigenvalue weighted by atomic mass is 9.73. The first-order chi connectivity index (χ1) is 31.8. The van der Waals surface area contributed by atoms with Gasteiger partial charge in [0, 0.05) is 71.0 Å². The summed E-state index contributed by atoms with van der Waals surface area (Å²) in [5.41, 5.74) is 0.0829. The average molecular weight is 948 g/mol. The van der Waals surface area contributed by atoms with Gasteiger partial charge >= 0.3 is 5.97 Å². The first-order valence-electron chi connectivity index (χ1n) is 23.2. The molecule has 4 saturated heterocycles. The minimum absolute atomic E-state index is 0.0814. The second kappa shape index (κ2) is 26.5. The zero-order valence-corrected chi connectivity index (χ0v) is 40.7. The number of amides is 1. The number of ether oxygens (including phenoxy) is 9. The second-order valence-corrected chi connectivity index (χ2v) is 18.4.